The molecule has 0 aliphatic carbocycles. The number of alkyl halides is 1. The van der Waals surface area contributed by atoms with E-state index in [0.29, 0.717) is 11.8 Å². The van der Waals surface area contributed by atoms with Crippen LogP contribution in [0.5, 0.6) is 0 Å². The molecule has 0 amide bonds. The quantitative estimate of drug-likeness (QED) is 0.801. The summed E-state index contributed by atoms with van der Waals surface area (Å²) in [6.45, 7) is 2.73. The fourth-order valence-electron chi connectivity index (χ4n) is 2.82. The molecular formula is C15H18Cl2N2O. The molecule has 0 atom stereocenters. The fraction of sp³-hybridized carbons (Fsp3) is 0.533. The highest BCUT2D eigenvalue weighted by Gasteiger charge is 2.18. The summed E-state index contributed by atoms with van der Waals surface area (Å²) in [7, 11) is 0. The summed E-state index contributed by atoms with van der Waals surface area (Å²) in [5, 5.41) is 0.727. The van der Waals surface area contributed by atoms with Crippen molar-refractivity contribution in [1.82, 2.24) is 9.55 Å². The largest absolute Gasteiger partial charge is 0.381 e. The van der Waals surface area contributed by atoms with Crippen LogP contribution in [0.15, 0.2) is 18.2 Å². The molecule has 0 bridgehead atoms. The number of aromatic nitrogens is 2. The van der Waals surface area contributed by atoms with Crippen molar-refractivity contribution in [1.29, 1.82) is 0 Å². The first-order valence-electron chi connectivity index (χ1n) is 7.06. The minimum absolute atomic E-state index is 0.588. The van der Waals surface area contributed by atoms with E-state index >= 15 is 0 Å². The highest BCUT2D eigenvalue weighted by atomic mass is 35.5. The smallest absolute Gasteiger partial charge is 0.111 e. The van der Waals surface area contributed by atoms with Crippen molar-refractivity contribution < 1.29 is 4.74 Å². The average Bonchev–Trinajstić information content (AvgIpc) is 2.77. The van der Waals surface area contributed by atoms with Crippen LogP contribution in [-0.4, -0.2) is 28.6 Å². The second kappa shape index (κ2) is 6.33. The zero-order chi connectivity index (χ0) is 13.9. The molecule has 1 aliphatic rings. The molecule has 108 valence electrons. The van der Waals surface area contributed by atoms with E-state index in [1.165, 1.54) is 0 Å². The summed E-state index contributed by atoms with van der Waals surface area (Å²) in [6.07, 6.45) is 3.03. The molecule has 3 rings (SSSR count). The van der Waals surface area contributed by atoms with Crippen LogP contribution in [0, 0.1) is 5.92 Å². The van der Waals surface area contributed by atoms with Crippen LogP contribution in [-0.2, 0) is 17.7 Å². The minimum atomic E-state index is 0.588. The number of hydrogen-bond donors (Lipinski definition) is 0. The Morgan fingerprint density at radius 3 is 2.85 bits per heavy atom. The summed E-state index contributed by atoms with van der Waals surface area (Å²) in [5.41, 5.74) is 2.12. The van der Waals surface area contributed by atoms with Gasteiger partial charge in [0.1, 0.15) is 5.82 Å². The van der Waals surface area contributed by atoms with Crippen LogP contribution in [0.25, 0.3) is 11.0 Å². The van der Waals surface area contributed by atoms with Gasteiger partial charge in [-0.3, -0.25) is 0 Å². The maximum Gasteiger partial charge on any atom is 0.111 e. The highest BCUT2D eigenvalue weighted by Crippen LogP contribution is 2.25. The van der Waals surface area contributed by atoms with Crippen molar-refractivity contribution in [3.05, 3.63) is 29.0 Å². The molecule has 3 nitrogen and oxygen atoms in total. The van der Waals surface area contributed by atoms with Gasteiger partial charge in [-0.05, 0) is 37.0 Å². The second-order valence-corrected chi connectivity index (χ2v) is 6.08. The number of aryl methyl sites for hydroxylation is 1. The Morgan fingerprint density at radius 2 is 2.10 bits per heavy atom. The summed E-state index contributed by atoms with van der Waals surface area (Å²) in [6, 6.07) is 5.91. The lowest BCUT2D eigenvalue weighted by molar-refractivity contribution is 0.0613. The number of benzene rings is 1. The van der Waals surface area contributed by atoms with E-state index in [9.17, 15) is 0 Å². The van der Waals surface area contributed by atoms with E-state index < -0.39 is 0 Å². The molecule has 0 spiro atoms. The van der Waals surface area contributed by atoms with E-state index in [1.807, 2.05) is 12.1 Å². The van der Waals surface area contributed by atoms with Crippen LogP contribution in [0.3, 0.4) is 0 Å². The first-order chi connectivity index (χ1) is 9.78. The molecule has 1 aromatic carbocycles. The molecule has 20 heavy (non-hydrogen) atoms. The molecule has 5 heteroatoms. The third-order valence-electron chi connectivity index (χ3n) is 3.89. The van der Waals surface area contributed by atoms with Gasteiger partial charge >= 0.3 is 0 Å². The van der Waals surface area contributed by atoms with Gasteiger partial charge < -0.3 is 9.30 Å². The van der Waals surface area contributed by atoms with Gasteiger partial charge in [0.25, 0.3) is 0 Å². The molecule has 0 radical (unpaired) electrons. The van der Waals surface area contributed by atoms with Crippen LogP contribution in [0.4, 0.5) is 0 Å². The highest BCUT2D eigenvalue weighted by molar-refractivity contribution is 6.31. The topological polar surface area (TPSA) is 27.1 Å². The molecule has 2 heterocycles. The number of nitrogens with zero attached hydrogens (tertiary/aromatic N) is 2. The van der Waals surface area contributed by atoms with Gasteiger partial charge in [0.15, 0.2) is 0 Å². The minimum Gasteiger partial charge on any atom is -0.381 e. The monoisotopic (exact) mass is 312 g/mol. The molecule has 1 aromatic heterocycles. The number of ether oxygens (including phenoxy) is 1. The molecule has 2 aromatic rings. The standard InChI is InChI=1S/C15H18Cl2N2O/c16-6-3-15-18-13-9-12(17)1-2-14(13)19(15)10-11-4-7-20-8-5-11/h1-2,9,11H,3-8,10H2. The Bertz CT molecular complexity index is 591. The molecule has 1 fully saturated rings. The lowest BCUT2D eigenvalue weighted by Crippen LogP contribution is -2.21. The first-order valence-corrected chi connectivity index (χ1v) is 7.97. The number of halogens is 2. The molecule has 1 aliphatic heterocycles. The predicted molar refractivity (Wildman–Crippen MR) is 82.7 cm³/mol. The zero-order valence-corrected chi connectivity index (χ0v) is 12.8. The summed E-state index contributed by atoms with van der Waals surface area (Å²) in [5.74, 6) is 2.31. The Hall–Kier alpha value is -0.770. The molecular weight excluding hydrogens is 295 g/mol. The van der Waals surface area contributed by atoms with Crippen molar-refractivity contribution in [2.45, 2.75) is 25.8 Å². The number of hydrogen-bond acceptors (Lipinski definition) is 2. The lowest BCUT2D eigenvalue weighted by Gasteiger charge is -2.23. The fourth-order valence-corrected chi connectivity index (χ4v) is 3.15. The third kappa shape index (κ3) is 2.95. The maximum atomic E-state index is 6.06. The lowest BCUT2D eigenvalue weighted by atomic mass is 10.0. The first kappa shape index (κ1) is 14.2. The Labute approximate surface area is 128 Å². The van der Waals surface area contributed by atoms with Gasteiger partial charge in [-0.2, -0.15) is 0 Å². The van der Waals surface area contributed by atoms with E-state index in [1.54, 1.807) is 0 Å². The van der Waals surface area contributed by atoms with Gasteiger partial charge in [0, 0.05) is 37.1 Å². The summed E-state index contributed by atoms with van der Waals surface area (Å²) in [4.78, 5) is 4.69. The van der Waals surface area contributed by atoms with E-state index in [2.05, 4.69) is 10.6 Å². The molecule has 0 N–H and O–H groups in total. The zero-order valence-electron chi connectivity index (χ0n) is 11.3. The number of imidazole rings is 1. The van der Waals surface area contributed by atoms with Crippen LogP contribution < -0.4 is 0 Å². The average molecular weight is 313 g/mol. The Kier molecular flexibility index (Phi) is 4.49. The van der Waals surface area contributed by atoms with Gasteiger partial charge in [0.05, 0.1) is 11.0 Å². The molecule has 0 saturated carbocycles. The number of rotatable bonds is 4. The third-order valence-corrected chi connectivity index (χ3v) is 4.31. The second-order valence-electron chi connectivity index (χ2n) is 5.27. The Morgan fingerprint density at radius 1 is 1.30 bits per heavy atom. The van der Waals surface area contributed by atoms with Crippen molar-refractivity contribution in [2.24, 2.45) is 5.92 Å². The van der Waals surface area contributed by atoms with E-state index in [0.717, 1.165) is 60.9 Å². The van der Waals surface area contributed by atoms with Crippen molar-refractivity contribution in [3.8, 4) is 0 Å². The van der Waals surface area contributed by atoms with Crippen molar-refractivity contribution >= 4 is 34.2 Å². The summed E-state index contributed by atoms with van der Waals surface area (Å²) < 4.78 is 7.75. The van der Waals surface area contributed by atoms with E-state index in [4.69, 9.17) is 32.9 Å². The van der Waals surface area contributed by atoms with E-state index in [-0.39, 0.29) is 0 Å². The van der Waals surface area contributed by atoms with Crippen LogP contribution >= 0.6 is 23.2 Å². The van der Waals surface area contributed by atoms with Gasteiger partial charge in [-0.15, -0.1) is 11.6 Å². The van der Waals surface area contributed by atoms with Gasteiger partial charge in [0.2, 0.25) is 0 Å². The summed E-state index contributed by atoms with van der Waals surface area (Å²) >= 11 is 12.0. The number of fused-ring (bicyclic) bond motifs is 1. The SMILES string of the molecule is ClCCc1nc2cc(Cl)ccc2n1CC1CCOCC1. The predicted octanol–water partition coefficient (Wildman–Crippen LogP) is 3.90. The maximum absolute atomic E-state index is 6.06. The molecule has 0 unspecified atom stereocenters. The normalized spacial score (nSPS) is 16.9. The Balaban J connectivity index is 1.95. The van der Waals surface area contributed by atoms with Gasteiger partial charge in [-0.25, -0.2) is 4.98 Å². The van der Waals surface area contributed by atoms with Crippen molar-refractivity contribution in [3.63, 3.8) is 0 Å². The van der Waals surface area contributed by atoms with Crippen LogP contribution in [0.1, 0.15) is 18.7 Å². The van der Waals surface area contributed by atoms with Gasteiger partial charge in [-0.1, -0.05) is 11.6 Å². The van der Waals surface area contributed by atoms with Crippen molar-refractivity contribution in [2.75, 3.05) is 19.1 Å². The molecule has 1 saturated heterocycles. The van der Waals surface area contributed by atoms with Crippen LogP contribution in [0.2, 0.25) is 5.02 Å².